The van der Waals surface area contributed by atoms with E-state index in [1.54, 1.807) is 0 Å². The van der Waals surface area contributed by atoms with Gasteiger partial charge in [-0.2, -0.15) is 0 Å². The lowest BCUT2D eigenvalue weighted by Crippen LogP contribution is -2.38. The highest BCUT2D eigenvalue weighted by molar-refractivity contribution is 5.76. The van der Waals surface area contributed by atoms with Gasteiger partial charge in [0.1, 0.15) is 0 Å². The first-order valence-electron chi connectivity index (χ1n) is 18.6. The first-order chi connectivity index (χ1) is 21.7. The number of rotatable bonds is 20. The fraction of sp³-hybridized carbons (Fsp3) is 0.944. The van der Waals surface area contributed by atoms with E-state index >= 15 is 0 Å². The molecule has 1 rings (SSSR count). The van der Waals surface area contributed by atoms with Crippen LogP contribution in [0.5, 0.6) is 0 Å². The van der Waals surface area contributed by atoms with Gasteiger partial charge in [-0.25, -0.2) is 0 Å². The molecule has 1 fully saturated rings. The summed E-state index contributed by atoms with van der Waals surface area (Å²) in [5.74, 6) is 0.378. The summed E-state index contributed by atoms with van der Waals surface area (Å²) in [7, 11) is 0. The van der Waals surface area contributed by atoms with E-state index in [-0.39, 0.29) is 11.8 Å². The molecule has 1 aliphatic heterocycles. The lowest BCUT2D eigenvalue weighted by molar-refractivity contribution is -0.134. The van der Waals surface area contributed by atoms with E-state index in [9.17, 15) is 9.59 Å². The van der Waals surface area contributed by atoms with Crippen molar-refractivity contribution in [3.63, 3.8) is 0 Å². The Morgan fingerprint density at radius 3 is 0.909 bits per heavy atom. The van der Waals surface area contributed by atoms with Gasteiger partial charge in [-0.1, -0.05) is 117 Å². The average Bonchev–Trinajstić information content (AvgIpc) is 3.02. The molecule has 0 atom stereocenters. The molecule has 0 bridgehead atoms. The summed E-state index contributed by atoms with van der Waals surface area (Å²) in [4.78, 5) is 29.6. The van der Waals surface area contributed by atoms with Gasteiger partial charge in [0.25, 0.3) is 0 Å². The monoisotopic (exact) mass is 627 g/mol. The number of nitrogens with zero attached hydrogens (tertiary/aromatic N) is 2. The van der Waals surface area contributed by atoms with Crippen LogP contribution in [0.2, 0.25) is 0 Å². The van der Waals surface area contributed by atoms with Gasteiger partial charge < -0.3 is 28.7 Å². The van der Waals surface area contributed by atoms with Gasteiger partial charge in [-0.15, -0.1) is 0 Å². The van der Waals surface area contributed by atoms with Crippen LogP contribution in [0.3, 0.4) is 0 Å². The Morgan fingerprint density at radius 2 is 0.636 bits per heavy atom. The van der Waals surface area contributed by atoms with Crippen LogP contribution in [0.1, 0.15) is 142 Å². The zero-order valence-corrected chi connectivity index (χ0v) is 29.0. The van der Waals surface area contributed by atoms with Gasteiger partial charge in [-0.3, -0.25) is 9.59 Å². The van der Waals surface area contributed by atoms with Gasteiger partial charge in [-0.05, 0) is 12.8 Å². The molecule has 1 aliphatic rings. The van der Waals surface area contributed by atoms with Crippen molar-refractivity contribution in [3.05, 3.63) is 0 Å². The Balaban J connectivity index is 2.29. The molecule has 0 radical (unpaired) electrons. The predicted molar refractivity (Wildman–Crippen MR) is 180 cm³/mol. The summed E-state index contributed by atoms with van der Waals surface area (Å²) < 4.78 is 23.1. The van der Waals surface area contributed by atoms with Crippen LogP contribution in [0, 0.1) is 0 Å². The fourth-order valence-corrected chi connectivity index (χ4v) is 5.56. The summed E-state index contributed by atoms with van der Waals surface area (Å²) in [5, 5.41) is 0. The zero-order chi connectivity index (χ0) is 31.8. The van der Waals surface area contributed by atoms with Crippen molar-refractivity contribution in [1.82, 2.24) is 9.80 Å². The summed E-state index contributed by atoms with van der Waals surface area (Å²) >= 11 is 0. The Labute approximate surface area is 271 Å². The second-order valence-corrected chi connectivity index (χ2v) is 12.4. The van der Waals surface area contributed by atoms with E-state index in [1.807, 2.05) is 9.80 Å². The van der Waals surface area contributed by atoms with E-state index < -0.39 is 0 Å². The number of hydrogen-bond donors (Lipinski definition) is 0. The van der Waals surface area contributed by atoms with Crippen molar-refractivity contribution in [2.24, 2.45) is 0 Å². The van der Waals surface area contributed by atoms with Crippen molar-refractivity contribution in [3.8, 4) is 0 Å². The molecular weight excluding hydrogens is 556 g/mol. The normalized spacial score (nSPS) is 16.9. The minimum atomic E-state index is 0.189. The number of carbonyl (C=O) groups is 2. The SMILES string of the molecule is CCCCCCCCCCCC(=O)N1CCOCCOCCN(C(=O)CCCCCCCCCCC)CCOCCOCC1. The Bertz CT molecular complexity index is 576. The summed E-state index contributed by atoms with van der Waals surface area (Å²) in [6.45, 7) is 10.6. The fourth-order valence-electron chi connectivity index (χ4n) is 5.56. The van der Waals surface area contributed by atoms with Crippen LogP contribution in [0.15, 0.2) is 0 Å². The lowest BCUT2D eigenvalue weighted by atomic mass is 10.1. The summed E-state index contributed by atoms with van der Waals surface area (Å²) in [5.41, 5.74) is 0. The number of unbranched alkanes of at least 4 members (excludes halogenated alkanes) is 16. The third-order valence-corrected chi connectivity index (χ3v) is 8.46. The van der Waals surface area contributed by atoms with Gasteiger partial charge in [0, 0.05) is 39.0 Å². The third kappa shape index (κ3) is 25.0. The number of carbonyl (C=O) groups excluding carboxylic acids is 2. The third-order valence-electron chi connectivity index (χ3n) is 8.46. The molecular formula is C36H70N2O6. The summed E-state index contributed by atoms with van der Waals surface area (Å²) in [6, 6.07) is 0. The highest BCUT2D eigenvalue weighted by Crippen LogP contribution is 2.13. The molecule has 0 N–H and O–H groups in total. The maximum atomic E-state index is 12.9. The van der Waals surface area contributed by atoms with Crippen LogP contribution in [-0.2, 0) is 28.5 Å². The van der Waals surface area contributed by atoms with Crippen molar-refractivity contribution in [2.45, 2.75) is 142 Å². The lowest BCUT2D eigenvalue weighted by Gasteiger charge is -2.24. The molecule has 0 saturated carbocycles. The van der Waals surface area contributed by atoms with Crippen LogP contribution in [0.4, 0.5) is 0 Å². The highest BCUT2D eigenvalue weighted by atomic mass is 16.5. The van der Waals surface area contributed by atoms with Gasteiger partial charge >= 0.3 is 0 Å². The van der Waals surface area contributed by atoms with Crippen molar-refractivity contribution in [2.75, 3.05) is 79.0 Å². The molecule has 0 aliphatic carbocycles. The smallest absolute Gasteiger partial charge is 0.222 e. The van der Waals surface area contributed by atoms with E-state index in [4.69, 9.17) is 18.9 Å². The second-order valence-electron chi connectivity index (χ2n) is 12.4. The standard InChI is InChI=1S/C36H70N2O6/c1-3-5-7-9-11-13-15-17-19-21-35(39)37-23-27-41-31-33-43-29-25-38(26-30-44-34-32-42-28-24-37)36(40)22-20-18-16-14-12-10-8-6-4-2/h3-34H2,1-2H3. The van der Waals surface area contributed by atoms with Crippen molar-refractivity contribution in [1.29, 1.82) is 0 Å². The van der Waals surface area contributed by atoms with E-state index in [1.165, 1.54) is 89.9 Å². The van der Waals surface area contributed by atoms with E-state index in [2.05, 4.69) is 13.8 Å². The molecule has 0 spiro atoms. The van der Waals surface area contributed by atoms with Crippen LogP contribution >= 0.6 is 0 Å². The molecule has 0 aromatic heterocycles. The number of amides is 2. The molecule has 0 aromatic rings. The Kier molecular flexibility index (Phi) is 29.4. The minimum absolute atomic E-state index is 0.189. The van der Waals surface area contributed by atoms with Gasteiger partial charge in [0.15, 0.2) is 0 Å². The Hall–Kier alpha value is -1.22. The predicted octanol–water partition coefficient (Wildman–Crippen LogP) is 7.57. The minimum Gasteiger partial charge on any atom is -0.377 e. The van der Waals surface area contributed by atoms with Crippen molar-refractivity contribution >= 4 is 11.8 Å². The molecule has 260 valence electrons. The first-order valence-corrected chi connectivity index (χ1v) is 18.6. The van der Waals surface area contributed by atoms with Crippen molar-refractivity contribution < 1.29 is 28.5 Å². The first kappa shape index (κ1) is 40.8. The molecule has 8 nitrogen and oxygen atoms in total. The maximum Gasteiger partial charge on any atom is 0.222 e. The van der Waals surface area contributed by atoms with Gasteiger partial charge in [0.05, 0.1) is 52.9 Å². The van der Waals surface area contributed by atoms with Crippen LogP contribution in [-0.4, -0.2) is 101 Å². The highest BCUT2D eigenvalue weighted by Gasteiger charge is 2.15. The molecule has 1 saturated heterocycles. The molecule has 0 unspecified atom stereocenters. The van der Waals surface area contributed by atoms with Crippen LogP contribution in [0.25, 0.3) is 0 Å². The second kappa shape index (κ2) is 31.7. The van der Waals surface area contributed by atoms with E-state index in [0.717, 1.165) is 25.7 Å². The number of hydrogen-bond acceptors (Lipinski definition) is 6. The zero-order valence-electron chi connectivity index (χ0n) is 29.0. The van der Waals surface area contributed by atoms with Crippen LogP contribution < -0.4 is 0 Å². The maximum absolute atomic E-state index is 12.9. The molecule has 44 heavy (non-hydrogen) atoms. The average molecular weight is 627 g/mol. The van der Waals surface area contributed by atoms with E-state index in [0.29, 0.717) is 91.9 Å². The molecule has 1 heterocycles. The quantitative estimate of drug-likeness (QED) is 0.130. The topological polar surface area (TPSA) is 77.5 Å². The molecule has 2 amide bonds. The molecule has 0 aromatic carbocycles. The Morgan fingerprint density at radius 1 is 0.386 bits per heavy atom. The summed E-state index contributed by atoms with van der Waals surface area (Å²) in [6.07, 6.45) is 23.6. The van der Waals surface area contributed by atoms with Gasteiger partial charge in [0.2, 0.25) is 11.8 Å². The molecule has 8 heteroatoms. The number of ether oxygens (including phenoxy) is 4. The largest absolute Gasteiger partial charge is 0.377 e.